The zero-order valence-electron chi connectivity index (χ0n) is 21.6. The first-order chi connectivity index (χ1) is 17.9. The third-order valence-electron chi connectivity index (χ3n) is 6.88. The molecule has 0 atom stereocenters. The SMILES string of the molecule is CCCC(=O)N(Cc1cc([N+](=O)[O-])ccc1Sc1ccc(C)cc1)C1CCN(Cc2ccccc2)CC1. The van der Waals surface area contributed by atoms with E-state index in [2.05, 4.69) is 53.4 Å². The van der Waals surface area contributed by atoms with Crippen LogP contribution in [0.15, 0.2) is 82.6 Å². The second kappa shape index (κ2) is 12.9. The van der Waals surface area contributed by atoms with Crippen LogP contribution < -0.4 is 0 Å². The third-order valence-corrected chi connectivity index (χ3v) is 8.00. The molecule has 0 radical (unpaired) electrons. The third kappa shape index (κ3) is 7.43. The number of amides is 1. The summed E-state index contributed by atoms with van der Waals surface area (Å²) in [6.45, 7) is 7.22. The van der Waals surface area contributed by atoms with Gasteiger partial charge in [0.15, 0.2) is 0 Å². The number of nitrogens with zero attached hydrogens (tertiary/aromatic N) is 3. The van der Waals surface area contributed by atoms with Crippen molar-refractivity contribution in [1.29, 1.82) is 0 Å². The molecule has 7 heteroatoms. The fraction of sp³-hybridized carbons (Fsp3) is 0.367. The smallest absolute Gasteiger partial charge is 0.269 e. The molecule has 3 aromatic rings. The minimum absolute atomic E-state index is 0.0591. The first-order valence-corrected chi connectivity index (χ1v) is 13.8. The van der Waals surface area contributed by atoms with E-state index in [1.165, 1.54) is 11.1 Å². The van der Waals surface area contributed by atoms with E-state index in [9.17, 15) is 14.9 Å². The number of nitro groups is 1. The van der Waals surface area contributed by atoms with Gasteiger partial charge in [0.05, 0.1) is 4.92 Å². The molecule has 0 unspecified atom stereocenters. The van der Waals surface area contributed by atoms with Crippen LogP contribution in [0.4, 0.5) is 5.69 Å². The largest absolute Gasteiger partial charge is 0.335 e. The number of non-ortho nitro benzene ring substituents is 1. The summed E-state index contributed by atoms with van der Waals surface area (Å²) in [5, 5.41) is 11.6. The van der Waals surface area contributed by atoms with Crippen molar-refractivity contribution in [3.63, 3.8) is 0 Å². The van der Waals surface area contributed by atoms with Crippen LogP contribution in [0.2, 0.25) is 0 Å². The first-order valence-electron chi connectivity index (χ1n) is 13.0. The lowest BCUT2D eigenvalue weighted by molar-refractivity contribution is -0.385. The molecule has 3 aromatic carbocycles. The first kappa shape index (κ1) is 26.9. The van der Waals surface area contributed by atoms with Gasteiger partial charge in [-0.3, -0.25) is 19.8 Å². The maximum Gasteiger partial charge on any atom is 0.269 e. The molecule has 1 fully saturated rings. The van der Waals surface area contributed by atoms with E-state index in [1.807, 2.05) is 30.9 Å². The summed E-state index contributed by atoms with van der Waals surface area (Å²) >= 11 is 1.59. The predicted molar refractivity (Wildman–Crippen MR) is 149 cm³/mol. The van der Waals surface area contributed by atoms with Crippen molar-refractivity contribution in [2.24, 2.45) is 0 Å². The van der Waals surface area contributed by atoms with Crippen LogP contribution in [0.1, 0.15) is 49.3 Å². The molecule has 4 rings (SSSR count). The zero-order valence-corrected chi connectivity index (χ0v) is 22.5. The lowest BCUT2D eigenvalue weighted by atomic mass is 10.0. The van der Waals surface area contributed by atoms with E-state index < -0.39 is 0 Å². The number of carbonyl (C=O) groups excluding carboxylic acids is 1. The summed E-state index contributed by atoms with van der Waals surface area (Å²) in [5.74, 6) is 0.127. The number of carbonyl (C=O) groups is 1. The lowest BCUT2D eigenvalue weighted by Gasteiger charge is -2.39. The molecule has 0 spiro atoms. The van der Waals surface area contributed by atoms with E-state index in [1.54, 1.807) is 23.9 Å². The molecule has 1 aliphatic heterocycles. The molecule has 1 aliphatic rings. The minimum atomic E-state index is -0.357. The van der Waals surface area contributed by atoms with Gasteiger partial charge in [-0.25, -0.2) is 0 Å². The molecule has 0 saturated carbocycles. The van der Waals surface area contributed by atoms with E-state index in [0.717, 1.165) is 54.3 Å². The Bertz CT molecular complexity index is 1190. The lowest BCUT2D eigenvalue weighted by Crippen LogP contribution is -2.46. The van der Waals surface area contributed by atoms with Gasteiger partial charge >= 0.3 is 0 Å². The standard InChI is InChI=1S/C30H35N3O3S/c1-3-7-30(34)32(26-16-18-31(19-17-26)21-24-8-5-4-6-9-24)22-25-20-27(33(35)36)12-15-29(25)37-28-13-10-23(2)11-14-28/h4-6,8-15,20,26H,3,7,16-19,21-22H2,1-2H3. The van der Waals surface area contributed by atoms with Crippen molar-refractivity contribution in [3.8, 4) is 0 Å². The van der Waals surface area contributed by atoms with Crippen molar-refractivity contribution in [2.45, 2.75) is 68.5 Å². The summed E-state index contributed by atoms with van der Waals surface area (Å²) in [5.41, 5.74) is 3.37. The van der Waals surface area contributed by atoms with Crippen molar-refractivity contribution in [2.75, 3.05) is 13.1 Å². The summed E-state index contributed by atoms with van der Waals surface area (Å²) < 4.78 is 0. The Morgan fingerprint density at radius 2 is 1.76 bits per heavy atom. The molecular formula is C30H35N3O3S. The fourth-order valence-corrected chi connectivity index (χ4v) is 5.75. The van der Waals surface area contributed by atoms with Crippen LogP contribution in [0.25, 0.3) is 0 Å². The molecular weight excluding hydrogens is 482 g/mol. The second-order valence-electron chi connectivity index (χ2n) is 9.73. The summed E-state index contributed by atoms with van der Waals surface area (Å²) in [7, 11) is 0. The van der Waals surface area contributed by atoms with Crippen molar-refractivity contribution in [1.82, 2.24) is 9.80 Å². The number of piperidine rings is 1. The Morgan fingerprint density at radius 1 is 1.05 bits per heavy atom. The Morgan fingerprint density at radius 3 is 2.41 bits per heavy atom. The monoisotopic (exact) mass is 517 g/mol. The topological polar surface area (TPSA) is 66.7 Å². The van der Waals surface area contributed by atoms with E-state index in [0.29, 0.717) is 13.0 Å². The number of aryl methyl sites for hydroxylation is 1. The highest BCUT2D eigenvalue weighted by Gasteiger charge is 2.29. The molecule has 1 heterocycles. The molecule has 0 bridgehead atoms. The average Bonchev–Trinajstić information content (AvgIpc) is 2.90. The highest BCUT2D eigenvalue weighted by Crippen LogP contribution is 2.34. The molecule has 0 N–H and O–H groups in total. The van der Waals surface area contributed by atoms with Crippen LogP contribution in [0.3, 0.4) is 0 Å². The van der Waals surface area contributed by atoms with E-state index >= 15 is 0 Å². The molecule has 1 saturated heterocycles. The van der Waals surface area contributed by atoms with Crippen molar-refractivity contribution < 1.29 is 9.72 Å². The average molecular weight is 518 g/mol. The number of nitro benzene ring substituents is 1. The molecule has 0 aliphatic carbocycles. The normalized spacial score (nSPS) is 14.4. The molecule has 1 amide bonds. The maximum atomic E-state index is 13.3. The van der Waals surface area contributed by atoms with Gasteiger partial charge in [0, 0.05) is 60.6 Å². The molecule has 194 valence electrons. The van der Waals surface area contributed by atoms with Gasteiger partial charge in [-0.15, -0.1) is 0 Å². The van der Waals surface area contributed by atoms with Crippen LogP contribution in [-0.4, -0.2) is 39.8 Å². The van der Waals surface area contributed by atoms with Gasteiger partial charge in [-0.1, -0.05) is 66.7 Å². The zero-order chi connectivity index (χ0) is 26.2. The number of rotatable bonds is 10. The Labute approximate surface area is 223 Å². The van der Waals surface area contributed by atoms with Crippen LogP contribution in [0.5, 0.6) is 0 Å². The van der Waals surface area contributed by atoms with Gasteiger partial charge in [-0.05, 0) is 55.5 Å². The minimum Gasteiger partial charge on any atom is -0.335 e. The summed E-state index contributed by atoms with van der Waals surface area (Å²) in [6, 6.07) is 23.9. The predicted octanol–water partition coefficient (Wildman–Crippen LogP) is 6.85. The maximum absolute atomic E-state index is 13.3. The van der Waals surface area contributed by atoms with Gasteiger partial charge < -0.3 is 4.90 Å². The Kier molecular flexibility index (Phi) is 9.36. The highest BCUT2D eigenvalue weighted by molar-refractivity contribution is 7.99. The van der Waals surface area contributed by atoms with Gasteiger partial charge in [0.25, 0.3) is 5.69 Å². The quantitative estimate of drug-likeness (QED) is 0.217. The number of benzene rings is 3. The second-order valence-corrected chi connectivity index (χ2v) is 10.8. The molecule has 0 aromatic heterocycles. The van der Waals surface area contributed by atoms with Crippen LogP contribution in [0, 0.1) is 17.0 Å². The van der Waals surface area contributed by atoms with Gasteiger partial charge in [-0.2, -0.15) is 0 Å². The van der Waals surface area contributed by atoms with Gasteiger partial charge in [0.1, 0.15) is 0 Å². The number of hydrogen-bond acceptors (Lipinski definition) is 5. The van der Waals surface area contributed by atoms with Crippen molar-refractivity contribution >= 4 is 23.4 Å². The summed E-state index contributed by atoms with van der Waals surface area (Å²) in [4.78, 5) is 31.0. The molecule has 6 nitrogen and oxygen atoms in total. The van der Waals surface area contributed by atoms with E-state index in [-0.39, 0.29) is 22.6 Å². The Hall–Kier alpha value is -3.16. The van der Waals surface area contributed by atoms with Crippen LogP contribution >= 0.6 is 11.8 Å². The van der Waals surface area contributed by atoms with Crippen LogP contribution in [-0.2, 0) is 17.9 Å². The van der Waals surface area contributed by atoms with E-state index in [4.69, 9.17) is 0 Å². The fourth-order valence-electron chi connectivity index (χ4n) is 4.83. The molecule has 37 heavy (non-hydrogen) atoms. The van der Waals surface area contributed by atoms with Crippen molar-refractivity contribution in [3.05, 3.63) is 99.6 Å². The number of hydrogen-bond donors (Lipinski definition) is 0. The number of likely N-dealkylation sites (tertiary alicyclic amines) is 1. The van der Waals surface area contributed by atoms with Gasteiger partial charge in [0.2, 0.25) is 5.91 Å². The summed E-state index contributed by atoms with van der Waals surface area (Å²) in [6.07, 6.45) is 3.07. The Balaban J connectivity index is 1.53. The highest BCUT2D eigenvalue weighted by atomic mass is 32.2.